The fourth-order valence-corrected chi connectivity index (χ4v) is 1.46. The highest BCUT2D eigenvalue weighted by Crippen LogP contribution is 2.22. The molecule has 14 heavy (non-hydrogen) atoms. The molecule has 0 fully saturated rings. The summed E-state index contributed by atoms with van der Waals surface area (Å²) >= 11 is 8.55. The zero-order valence-electron chi connectivity index (χ0n) is 6.99. The Labute approximate surface area is 93.7 Å². The lowest BCUT2D eigenvalue weighted by Gasteiger charge is -2.15. The van der Waals surface area contributed by atoms with E-state index in [4.69, 9.17) is 11.6 Å². The van der Waals surface area contributed by atoms with Gasteiger partial charge < -0.3 is 10.2 Å². The van der Waals surface area contributed by atoms with Crippen molar-refractivity contribution < 1.29 is 14.6 Å². The molecule has 1 heterocycles. The summed E-state index contributed by atoms with van der Waals surface area (Å²) in [6.07, 6.45) is -1.29. The average molecular weight is 285 g/mol. The van der Waals surface area contributed by atoms with Gasteiger partial charge in [-0.3, -0.25) is 0 Å². The van der Waals surface area contributed by atoms with E-state index in [1.165, 1.54) is 6.07 Å². The number of aromatic nitrogens is 1. The van der Waals surface area contributed by atoms with Crippen molar-refractivity contribution in [2.75, 3.05) is 5.33 Å². The van der Waals surface area contributed by atoms with Crippen LogP contribution in [0.1, 0.15) is 11.7 Å². The SMILES string of the molecule is OC(CBr)C(O)c1cc(Cl)cnc1F. The molecule has 0 amide bonds. The lowest BCUT2D eigenvalue weighted by molar-refractivity contribution is 0.0315. The van der Waals surface area contributed by atoms with Crippen molar-refractivity contribution in [3.63, 3.8) is 0 Å². The van der Waals surface area contributed by atoms with Gasteiger partial charge >= 0.3 is 0 Å². The predicted molar refractivity (Wildman–Crippen MR) is 54.0 cm³/mol. The molecular formula is C8H8BrClFNO2. The van der Waals surface area contributed by atoms with Crippen LogP contribution < -0.4 is 0 Å². The molecule has 0 radical (unpaired) electrons. The molecule has 1 aromatic heterocycles. The lowest BCUT2D eigenvalue weighted by Crippen LogP contribution is -2.20. The van der Waals surface area contributed by atoms with Gasteiger partial charge in [-0.2, -0.15) is 4.39 Å². The second kappa shape index (κ2) is 5.02. The van der Waals surface area contributed by atoms with E-state index in [1.807, 2.05) is 0 Å². The molecule has 1 aromatic rings. The summed E-state index contributed by atoms with van der Waals surface area (Å²) in [6.45, 7) is 0. The van der Waals surface area contributed by atoms with Crippen molar-refractivity contribution >= 4 is 27.5 Å². The summed E-state index contributed by atoms with van der Waals surface area (Å²) in [6, 6.07) is 1.24. The average Bonchev–Trinajstić information content (AvgIpc) is 2.19. The summed E-state index contributed by atoms with van der Waals surface area (Å²) in [5, 5.41) is 19.1. The minimum absolute atomic E-state index is 0.107. The highest BCUT2D eigenvalue weighted by Gasteiger charge is 2.21. The van der Waals surface area contributed by atoms with Crippen molar-refractivity contribution in [3.8, 4) is 0 Å². The summed E-state index contributed by atoms with van der Waals surface area (Å²) in [7, 11) is 0. The topological polar surface area (TPSA) is 53.4 Å². The first kappa shape index (κ1) is 11.8. The first-order valence-electron chi connectivity index (χ1n) is 3.79. The summed E-state index contributed by atoms with van der Waals surface area (Å²) in [5.41, 5.74) is -0.107. The molecule has 0 saturated heterocycles. The Hall–Kier alpha value is -0.230. The third-order valence-corrected chi connectivity index (χ3v) is 2.54. The maximum atomic E-state index is 13.1. The predicted octanol–water partition coefficient (Wildman–Crippen LogP) is 1.66. The largest absolute Gasteiger partial charge is 0.389 e. The van der Waals surface area contributed by atoms with Crippen LogP contribution in [0, 0.1) is 5.95 Å². The standard InChI is InChI=1S/C8H8BrClFNO2/c9-2-6(13)7(14)5-1-4(10)3-12-8(5)11/h1,3,6-7,13-14H,2H2. The van der Waals surface area contributed by atoms with Crippen LogP contribution in [0.25, 0.3) is 0 Å². The van der Waals surface area contributed by atoms with Gasteiger partial charge in [0.1, 0.15) is 6.10 Å². The van der Waals surface area contributed by atoms with Crippen molar-refractivity contribution in [1.29, 1.82) is 0 Å². The first-order valence-corrected chi connectivity index (χ1v) is 5.29. The highest BCUT2D eigenvalue weighted by molar-refractivity contribution is 9.09. The Bertz CT molecular complexity index is 326. The number of alkyl halides is 1. The van der Waals surface area contributed by atoms with E-state index >= 15 is 0 Å². The Kier molecular flexibility index (Phi) is 4.25. The minimum Gasteiger partial charge on any atom is -0.389 e. The van der Waals surface area contributed by atoms with Gasteiger partial charge in [-0.25, -0.2) is 4.98 Å². The van der Waals surface area contributed by atoms with Gasteiger partial charge in [-0.05, 0) is 6.07 Å². The molecule has 1 rings (SSSR count). The minimum atomic E-state index is -1.33. The normalized spacial score (nSPS) is 15.2. The van der Waals surface area contributed by atoms with Gasteiger partial charge in [-0.1, -0.05) is 27.5 Å². The van der Waals surface area contributed by atoms with Crippen LogP contribution in [0.4, 0.5) is 4.39 Å². The quantitative estimate of drug-likeness (QED) is 0.656. The molecule has 0 bridgehead atoms. The molecule has 2 N–H and O–H groups in total. The Morgan fingerprint density at radius 3 is 2.79 bits per heavy atom. The number of halogens is 3. The van der Waals surface area contributed by atoms with E-state index < -0.39 is 18.2 Å². The molecule has 2 atom stereocenters. The molecule has 0 aliphatic carbocycles. The second-order valence-electron chi connectivity index (χ2n) is 2.70. The number of aliphatic hydroxyl groups is 2. The molecule has 0 aliphatic heterocycles. The summed E-state index contributed by atoms with van der Waals surface area (Å²) in [4.78, 5) is 3.33. The number of nitrogens with zero attached hydrogens (tertiary/aromatic N) is 1. The fourth-order valence-electron chi connectivity index (χ4n) is 0.937. The van der Waals surface area contributed by atoms with E-state index in [-0.39, 0.29) is 15.9 Å². The van der Waals surface area contributed by atoms with Crippen LogP contribution in [-0.2, 0) is 0 Å². The van der Waals surface area contributed by atoms with E-state index in [0.29, 0.717) is 0 Å². The maximum Gasteiger partial charge on any atom is 0.218 e. The smallest absolute Gasteiger partial charge is 0.218 e. The highest BCUT2D eigenvalue weighted by atomic mass is 79.9. The van der Waals surface area contributed by atoms with Gasteiger partial charge in [0, 0.05) is 17.1 Å². The van der Waals surface area contributed by atoms with E-state index in [9.17, 15) is 14.6 Å². The molecule has 2 unspecified atom stereocenters. The van der Waals surface area contributed by atoms with E-state index in [1.54, 1.807) is 0 Å². The molecule has 3 nitrogen and oxygen atoms in total. The number of hydrogen-bond donors (Lipinski definition) is 2. The van der Waals surface area contributed by atoms with E-state index in [0.717, 1.165) is 6.20 Å². The molecule has 0 spiro atoms. The van der Waals surface area contributed by atoms with Gasteiger partial charge in [0.15, 0.2) is 0 Å². The summed E-state index contributed by atoms with van der Waals surface area (Å²) < 4.78 is 13.1. The van der Waals surface area contributed by atoms with Crippen LogP contribution in [0.2, 0.25) is 5.02 Å². The van der Waals surface area contributed by atoms with Gasteiger partial charge in [-0.15, -0.1) is 0 Å². The van der Waals surface area contributed by atoms with Crippen molar-refractivity contribution in [1.82, 2.24) is 4.98 Å². The monoisotopic (exact) mass is 283 g/mol. The molecule has 78 valence electrons. The third-order valence-electron chi connectivity index (χ3n) is 1.67. The summed E-state index contributed by atoms with van der Waals surface area (Å²) in [5.74, 6) is -0.832. The zero-order valence-corrected chi connectivity index (χ0v) is 9.33. The van der Waals surface area contributed by atoms with Crippen molar-refractivity contribution in [2.24, 2.45) is 0 Å². The van der Waals surface area contributed by atoms with Gasteiger partial charge in [0.05, 0.1) is 11.1 Å². The molecular weight excluding hydrogens is 276 g/mol. The first-order chi connectivity index (χ1) is 6.56. The zero-order chi connectivity index (χ0) is 10.7. The molecule has 0 aromatic carbocycles. The number of aliphatic hydroxyl groups excluding tert-OH is 2. The van der Waals surface area contributed by atoms with Crippen LogP contribution in [0.15, 0.2) is 12.3 Å². The number of rotatable bonds is 3. The molecule has 6 heteroatoms. The third kappa shape index (κ3) is 2.63. The van der Waals surface area contributed by atoms with Gasteiger partial charge in [0.25, 0.3) is 0 Å². The number of hydrogen-bond acceptors (Lipinski definition) is 3. The fraction of sp³-hybridized carbons (Fsp3) is 0.375. The Balaban J connectivity index is 2.99. The maximum absolute atomic E-state index is 13.1. The van der Waals surface area contributed by atoms with Gasteiger partial charge in [0.2, 0.25) is 5.95 Å². The Morgan fingerprint density at radius 1 is 1.57 bits per heavy atom. The van der Waals surface area contributed by atoms with Crippen molar-refractivity contribution in [3.05, 3.63) is 28.8 Å². The van der Waals surface area contributed by atoms with Crippen molar-refractivity contribution in [2.45, 2.75) is 12.2 Å². The molecule has 0 saturated carbocycles. The van der Waals surface area contributed by atoms with Crippen LogP contribution in [-0.4, -0.2) is 26.6 Å². The van der Waals surface area contributed by atoms with E-state index in [2.05, 4.69) is 20.9 Å². The molecule has 0 aliphatic rings. The second-order valence-corrected chi connectivity index (χ2v) is 3.78. The number of pyridine rings is 1. The lowest BCUT2D eigenvalue weighted by atomic mass is 10.1. The van der Waals surface area contributed by atoms with Crippen LogP contribution in [0.3, 0.4) is 0 Å². The van der Waals surface area contributed by atoms with Crippen LogP contribution >= 0.6 is 27.5 Å². The van der Waals surface area contributed by atoms with Crippen LogP contribution in [0.5, 0.6) is 0 Å². The Morgan fingerprint density at radius 2 is 2.21 bits per heavy atom.